The lowest BCUT2D eigenvalue weighted by Gasteiger charge is -2.19. The Bertz CT molecular complexity index is 1310. The number of benzene rings is 3. The Labute approximate surface area is 193 Å². The summed E-state index contributed by atoms with van der Waals surface area (Å²) in [4.78, 5) is 28.7. The number of hydrogen-bond donors (Lipinski definition) is 1. The molecule has 2 amide bonds. The van der Waals surface area contributed by atoms with E-state index in [2.05, 4.69) is 5.32 Å². The van der Waals surface area contributed by atoms with E-state index in [0.29, 0.717) is 22.0 Å². The molecule has 0 saturated carbocycles. The lowest BCUT2D eigenvalue weighted by Crippen LogP contribution is -2.33. The monoisotopic (exact) mass is 444 g/mol. The van der Waals surface area contributed by atoms with Crippen LogP contribution in [0, 0.1) is 34.6 Å². The standard InChI is InChI=1S/C27H25ClN2O2/c1-15-10-12-20(18(4)13-15)24-25(29-22-8-6-7-21(28)19(22)5)27(32)30(26(24)31)23-14-16(2)9-11-17(23)3/h6-14,29H,1-5H3. The number of amides is 2. The zero-order chi connectivity index (χ0) is 23.2. The molecule has 0 unspecified atom stereocenters. The number of anilines is 2. The van der Waals surface area contributed by atoms with Gasteiger partial charge in [-0.2, -0.15) is 0 Å². The fraction of sp³-hybridized carbons (Fsp3) is 0.185. The van der Waals surface area contributed by atoms with Gasteiger partial charge in [0.2, 0.25) is 0 Å². The number of nitrogens with one attached hydrogen (secondary N) is 1. The van der Waals surface area contributed by atoms with Crippen LogP contribution in [0.5, 0.6) is 0 Å². The van der Waals surface area contributed by atoms with E-state index in [0.717, 1.165) is 33.4 Å². The van der Waals surface area contributed by atoms with Crippen LogP contribution in [-0.4, -0.2) is 11.8 Å². The van der Waals surface area contributed by atoms with Crippen molar-refractivity contribution in [2.45, 2.75) is 34.6 Å². The molecule has 162 valence electrons. The van der Waals surface area contributed by atoms with Crippen molar-refractivity contribution >= 4 is 40.4 Å². The number of carbonyl (C=O) groups is 2. The molecule has 1 aliphatic rings. The van der Waals surface area contributed by atoms with Gasteiger partial charge in [0, 0.05) is 10.7 Å². The smallest absolute Gasteiger partial charge is 0.282 e. The van der Waals surface area contributed by atoms with Gasteiger partial charge in [-0.15, -0.1) is 0 Å². The van der Waals surface area contributed by atoms with Crippen molar-refractivity contribution in [1.29, 1.82) is 0 Å². The molecular formula is C27H25ClN2O2. The van der Waals surface area contributed by atoms with Crippen LogP contribution in [0.25, 0.3) is 5.57 Å². The highest BCUT2D eigenvalue weighted by Gasteiger charge is 2.41. The van der Waals surface area contributed by atoms with Crippen molar-refractivity contribution in [2.75, 3.05) is 10.2 Å². The third-order valence-corrected chi connectivity index (χ3v) is 6.28. The van der Waals surface area contributed by atoms with Crippen LogP contribution in [0.3, 0.4) is 0 Å². The highest BCUT2D eigenvalue weighted by molar-refractivity contribution is 6.46. The molecule has 0 bridgehead atoms. The maximum Gasteiger partial charge on any atom is 0.282 e. The van der Waals surface area contributed by atoms with Crippen molar-refractivity contribution in [2.24, 2.45) is 0 Å². The molecule has 1 N–H and O–H groups in total. The molecule has 5 heteroatoms. The van der Waals surface area contributed by atoms with E-state index in [-0.39, 0.29) is 17.5 Å². The summed E-state index contributed by atoms with van der Waals surface area (Å²) in [6.07, 6.45) is 0. The second-order valence-corrected chi connectivity index (χ2v) is 8.75. The Morgan fingerprint density at radius 2 is 1.47 bits per heavy atom. The molecule has 0 radical (unpaired) electrons. The number of nitrogens with zero attached hydrogens (tertiary/aromatic N) is 1. The first-order valence-electron chi connectivity index (χ1n) is 10.5. The van der Waals surface area contributed by atoms with Gasteiger partial charge in [-0.1, -0.05) is 53.6 Å². The molecule has 0 spiro atoms. The largest absolute Gasteiger partial charge is 0.350 e. The Morgan fingerprint density at radius 3 is 2.19 bits per heavy atom. The highest BCUT2D eigenvalue weighted by atomic mass is 35.5. The molecule has 0 aromatic heterocycles. The minimum atomic E-state index is -0.377. The fourth-order valence-corrected chi connectivity index (χ4v) is 4.22. The number of halogens is 1. The summed E-state index contributed by atoms with van der Waals surface area (Å²) in [5, 5.41) is 3.83. The van der Waals surface area contributed by atoms with E-state index in [9.17, 15) is 9.59 Å². The Morgan fingerprint density at radius 1 is 0.781 bits per heavy atom. The maximum absolute atomic E-state index is 13.8. The van der Waals surface area contributed by atoms with Gasteiger partial charge < -0.3 is 5.32 Å². The van der Waals surface area contributed by atoms with Crippen molar-refractivity contribution in [3.8, 4) is 0 Å². The molecule has 0 aliphatic carbocycles. The van der Waals surface area contributed by atoms with Crippen molar-refractivity contribution < 1.29 is 9.59 Å². The molecule has 4 nitrogen and oxygen atoms in total. The molecule has 0 atom stereocenters. The summed E-state index contributed by atoms with van der Waals surface area (Å²) in [6.45, 7) is 9.69. The van der Waals surface area contributed by atoms with E-state index >= 15 is 0 Å². The number of rotatable bonds is 4. The van der Waals surface area contributed by atoms with E-state index in [4.69, 9.17) is 11.6 Å². The lowest BCUT2D eigenvalue weighted by atomic mass is 9.97. The first-order valence-corrected chi connectivity index (χ1v) is 10.9. The van der Waals surface area contributed by atoms with Crippen molar-refractivity contribution in [3.05, 3.63) is 98.7 Å². The second kappa shape index (κ2) is 8.29. The lowest BCUT2D eigenvalue weighted by molar-refractivity contribution is -0.120. The average molecular weight is 445 g/mol. The number of carbonyl (C=O) groups excluding carboxylic acids is 2. The normalized spacial score (nSPS) is 13.9. The summed E-state index contributed by atoms with van der Waals surface area (Å²) >= 11 is 6.30. The molecular weight excluding hydrogens is 420 g/mol. The van der Waals surface area contributed by atoms with Gasteiger partial charge >= 0.3 is 0 Å². The van der Waals surface area contributed by atoms with Crippen molar-refractivity contribution in [3.63, 3.8) is 0 Å². The minimum absolute atomic E-state index is 0.258. The molecule has 1 heterocycles. The van der Waals surface area contributed by atoms with Crippen LogP contribution < -0.4 is 10.2 Å². The van der Waals surface area contributed by atoms with E-state index in [1.54, 1.807) is 6.07 Å². The summed E-state index contributed by atoms with van der Waals surface area (Å²) in [5.74, 6) is -0.712. The van der Waals surface area contributed by atoms with Gasteiger partial charge in [0.05, 0.1) is 11.3 Å². The molecule has 1 aliphatic heterocycles. The van der Waals surface area contributed by atoms with E-state index in [1.165, 1.54) is 4.90 Å². The summed E-state index contributed by atoms with van der Waals surface area (Å²) < 4.78 is 0. The molecule has 4 rings (SSSR count). The summed E-state index contributed by atoms with van der Waals surface area (Å²) in [5.41, 5.74) is 7.34. The predicted molar refractivity (Wildman–Crippen MR) is 131 cm³/mol. The minimum Gasteiger partial charge on any atom is -0.350 e. The topological polar surface area (TPSA) is 49.4 Å². The summed E-state index contributed by atoms with van der Waals surface area (Å²) in [6, 6.07) is 17.1. The van der Waals surface area contributed by atoms with Crippen molar-refractivity contribution in [1.82, 2.24) is 0 Å². The molecule has 0 fully saturated rings. The Kier molecular flexibility index (Phi) is 5.66. The van der Waals surface area contributed by atoms with Crippen LogP contribution in [0.1, 0.15) is 33.4 Å². The number of aryl methyl sites for hydroxylation is 4. The van der Waals surface area contributed by atoms with Gasteiger partial charge in [-0.25, -0.2) is 4.90 Å². The van der Waals surface area contributed by atoms with Gasteiger partial charge in [0.25, 0.3) is 11.8 Å². The Balaban J connectivity index is 1.92. The van der Waals surface area contributed by atoms with Crippen LogP contribution in [0.15, 0.2) is 60.3 Å². The number of imide groups is 1. The fourth-order valence-electron chi connectivity index (χ4n) is 4.05. The Hall–Kier alpha value is -3.37. The van der Waals surface area contributed by atoms with Gasteiger partial charge in [0.15, 0.2) is 0 Å². The molecule has 0 saturated heterocycles. The quantitative estimate of drug-likeness (QED) is 0.482. The van der Waals surface area contributed by atoms with E-state index < -0.39 is 0 Å². The maximum atomic E-state index is 13.8. The van der Waals surface area contributed by atoms with E-state index in [1.807, 2.05) is 83.1 Å². The highest BCUT2D eigenvalue weighted by Crippen LogP contribution is 2.37. The first kappa shape index (κ1) is 21.8. The number of hydrogen-bond acceptors (Lipinski definition) is 3. The van der Waals surface area contributed by atoms with Crippen LogP contribution in [0.4, 0.5) is 11.4 Å². The summed E-state index contributed by atoms with van der Waals surface area (Å²) in [7, 11) is 0. The average Bonchev–Trinajstić information content (AvgIpc) is 2.97. The zero-order valence-electron chi connectivity index (χ0n) is 18.8. The zero-order valence-corrected chi connectivity index (χ0v) is 19.6. The van der Waals surface area contributed by atoms with Crippen LogP contribution >= 0.6 is 11.6 Å². The third-order valence-electron chi connectivity index (χ3n) is 5.87. The van der Waals surface area contributed by atoms with Gasteiger partial charge in [-0.3, -0.25) is 9.59 Å². The molecule has 32 heavy (non-hydrogen) atoms. The third kappa shape index (κ3) is 3.71. The SMILES string of the molecule is Cc1ccc(C2=C(Nc3cccc(Cl)c3C)C(=O)N(c3cc(C)ccc3C)C2=O)c(C)c1. The first-order chi connectivity index (χ1) is 15.2. The predicted octanol–water partition coefficient (Wildman–Crippen LogP) is 6.28. The molecule has 3 aromatic carbocycles. The van der Waals surface area contributed by atoms with Gasteiger partial charge in [0.1, 0.15) is 5.70 Å². The van der Waals surface area contributed by atoms with Gasteiger partial charge in [-0.05, 0) is 80.6 Å². The second-order valence-electron chi connectivity index (χ2n) is 8.34. The van der Waals surface area contributed by atoms with Crippen LogP contribution in [-0.2, 0) is 9.59 Å². The van der Waals surface area contributed by atoms with Crippen LogP contribution in [0.2, 0.25) is 5.02 Å². The molecule has 3 aromatic rings.